The molecule has 1 saturated carbocycles. The number of hydrogen-bond acceptors (Lipinski definition) is 5. The number of nitrogens with zero attached hydrogens (tertiary/aromatic N) is 2. The number of carbonyl (C=O) groups is 1. The third-order valence-electron chi connectivity index (χ3n) is 5.12. The van der Waals surface area contributed by atoms with Crippen LogP contribution in [0.15, 0.2) is 24.4 Å². The summed E-state index contributed by atoms with van der Waals surface area (Å²) in [5, 5.41) is 4.42. The van der Waals surface area contributed by atoms with Crippen molar-refractivity contribution in [3.05, 3.63) is 41.1 Å². The molecular formula is C23H23F3N2O4. The van der Waals surface area contributed by atoms with Crippen molar-refractivity contribution in [1.29, 1.82) is 0 Å². The topological polar surface area (TPSA) is 62.6 Å². The highest BCUT2D eigenvalue weighted by Gasteiger charge is 2.36. The van der Waals surface area contributed by atoms with E-state index >= 15 is 0 Å². The maximum absolute atomic E-state index is 13.9. The highest BCUT2D eigenvalue weighted by Crippen LogP contribution is 2.38. The zero-order chi connectivity index (χ0) is 22.7. The van der Waals surface area contributed by atoms with Crippen molar-refractivity contribution in [2.45, 2.75) is 38.6 Å². The van der Waals surface area contributed by atoms with Gasteiger partial charge in [-0.3, -0.25) is 4.68 Å². The van der Waals surface area contributed by atoms with Crippen molar-refractivity contribution in [1.82, 2.24) is 9.78 Å². The van der Waals surface area contributed by atoms with Gasteiger partial charge in [-0.1, -0.05) is 17.9 Å². The molecule has 9 heteroatoms. The minimum Gasteiger partial charge on any atom is -0.462 e. The molecule has 0 amide bonds. The van der Waals surface area contributed by atoms with Gasteiger partial charge in [0.05, 0.1) is 49.7 Å². The fourth-order valence-electron chi connectivity index (χ4n) is 3.39. The van der Waals surface area contributed by atoms with Crippen molar-refractivity contribution >= 4 is 5.97 Å². The third kappa shape index (κ3) is 5.31. The predicted octanol–water partition coefficient (Wildman–Crippen LogP) is 3.92. The van der Waals surface area contributed by atoms with Crippen LogP contribution in [0.2, 0.25) is 0 Å². The minimum atomic E-state index is -4.69. The van der Waals surface area contributed by atoms with Gasteiger partial charge in [0.15, 0.2) is 0 Å². The summed E-state index contributed by atoms with van der Waals surface area (Å²) in [6, 6.07) is 3.38. The summed E-state index contributed by atoms with van der Waals surface area (Å²) in [6.07, 6.45) is -1.31. The average molecular weight is 448 g/mol. The van der Waals surface area contributed by atoms with Crippen molar-refractivity contribution in [3.63, 3.8) is 0 Å². The van der Waals surface area contributed by atoms with Gasteiger partial charge in [0.2, 0.25) is 0 Å². The van der Waals surface area contributed by atoms with Gasteiger partial charge in [0.25, 0.3) is 0 Å². The summed E-state index contributed by atoms with van der Waals surface area (Å²) >= 11 is 0. The fourth-order valence-corrected chi connectivity index (χ4v) is 3.39. The molecule has 1 aromatic heterocycles. The van der Waals surface area contributed by atoms with E-state index in [9.17, 15) is 18.0 Å². The molecule has 1 saturated heterocycles. The summed E-state index contributed by atoms with van der Waals surface area (Å²) in [6.45, 7) is 3.36. The Morgan fingerprint density at radius 2 is 2.12 bits per heavy atom. The van der Waals surface area contributed by atoms with Crippen LogP contribution in [0.5, 0.6) is 0 Å². The minimum absolute atomic E-state index is 0.0696. The standard InChI is InChI=1S/C23H23F3N2O4/c1-2-31-22(29)16-7-8-19(20(11-16)23(24,25)26)21-17(6-5-15-3-4-15)12-28(27-21)13-18-14-30-9-10-32-18/h7-8,11-12,15,18H,2-4,9-10,13-14H2,1H3/t18-/m0/s1. The van der Waals surface area contributed by atoms with E-state index in [1.54, 1.807) is 17.8 Å². The smallest absolute Gasteiger partial charge is 0.417 e. The van der Waals surface area contributed by atoms with E-state index in [2.05, 4.69) is 16.9 Å². The first-order chi connectivity index (χ1) is 15.3. The Morgan fingerprint density at radius 1 is 1.31 bits per heavy atom. The maximum atomic E-state index is 13.9. The van der Waals surface area contributed by atoms with Crippen molar-refractivity contribution in [2.75, 3.05) is 26.4 Å². The van der Waals surface area contributed by atoms with Crippen LogP contribution < -0.4 is 0 Å². The molecule has 32 heavy (non-hydrogen) atoms. The number of ether oxygens (including phenoxy) is 3. The molecule has 0 N–H and O–H groups in total. The first kappa shape index (κ1) is 22.4. The fraction of sp³-hybridized carbons (Fsp3) is 0.478. The molecule has 1 aromatic carbocycles. The molecule has 1 aliphatic carbocycles. The van der Waals surface area contributed by atoms with E-state index in [1.165, 1.54) is 12.1 Å². The van der Waals surface area contributed by atoms with Gasteiger partial charge in [0, 0.05) is 17.7 Å². The first-order valence-corrected chi connectivity index (χ1v) is 10.5. The zero-order valence-corrected chi connectivity index (χ0v) is 17.6. The lowest BCUT2D eigenvalue weighted by Crippen LogP contribution is -2.32. The number of aromatic nitrogens is 2. The highest BCUT2D eigenvalue weighted by molar-refractivity contribution is 5.91. The van der Waals surface area contributed by atoms with Crippen LogP contribution in [-0.2, 0) is 26.9 Å². The summed E-state index contributed by atoms with van der Waals surface area (Å²) in [7, 11) is 0. The predicted molar refractivity (Wildman–Crippen MR) is 109 cm³/mol. The van der Waals surface area contributed by atoms with Crippen LogP contribution in [0.3, 0.4) is 0 Å². The molecule has 2 fully saturated rings. The molecule has 1 atom stereocenters. The number of rotatable bonds is 5. The van der Waals surface area contributed by atoms with E-state index in [0.29, 0.717) is 31.9 Å². The molecule has 6 nitrogen and oxygen atoms in total. The molecule has 4 rings (SSSR count). The number of carbonyl (C=O) groups excluding carboxylic acids is 1. The Balaban J connectivity index is 1.74. The summed E-state index contributed by atoms with van der Waals surface area (Å²) < 4.78 is 59.2. The van der Waals surface area contributed by atoms with Gasteiger partial charge in [-0.25, -0.2) is 4.79 Å². The summed E-state index contributed by atoms with van der Waals surface area (Å²) in [5.74, 6) is 5.56. The molecular weight excluding hydrogens is 425 g/mol. The van der Waals surface area contributed by atoms with Gasteiger partial charge in [-0.15, -0.1) is 0 Å². The van der Waals surface area contributed by atoms with Gasteiger partial charge >= 0.3 is 12.1 Å². The quantitative estimate of drug-likeness (QED) is 0.513. The monoisotopic (exact) mass is 448 g/mol. The second kappa shape index (κ2) is 9.35. The zero-order valence-electron chi connectivity index (χ0n) is 17.6. The lowest BCUT2D eigenvalue weighted by atomic mass is 9.98. The van der Waals surface area contributed by atoms with E-state index < -0.39 is 17.7 Å². The van der Waals surface area contributed by atoms with E-state index in [-0.39, 0.29) is 35.4 Å². The van der Waals surface area contributed by atoms with Gasteiger partial charge in [-0.05, 0) is 31.9 Å². The van der Waals surface area contributed by atoms with E-state index in [4.69, 9.17) is 14.2 Å². The van der Waals surface area contributed by atoms with Gasteiger partial charge in [0.1, 0.15) is 11.8 Å². The Hall–Kier alpha value is -2.83. The SMILES string of the molecule is CCOC(=O)c1ccc(-c2nn(C[C@H]3COCCO3)cc2C#CC2CC2)c(C(F)(F)F)c1. The Bertz CT molecular complexity index is 1040. The number of hydrogen-bond donors (Lipinski definition) is 0. The number of esters is 1. The second-order valence-corrected chi connectivity index (χ2v) is 7.70. The average Bonchev–Trinajstić information content (AvgIpc) is 3.52. The lowest BCUT2D eigenvalue weighted by molar-refractivity contribution is -0.137. The maximum Gasteiger partial charge on any atom is 0.417 e. The molecule has 170 valence electrons. The normalized spacial score (nSPS) is 18.7. The summed E-state index contributed by atoms with van der Waals surface area (Å²) in [5.41, 5.74) is -0.730. The van der Waals surface area contributed by atoms with Crippen molar-refractivity contribution < 1.29 is 32.2 Å². The largest absolute Gasteiger partial charge is 0.462 e. The molecule has 2 aliphatic rings. The van der Waals surface area contributed by atoms with E-state index in [0.717, 1.165) is 18.9 Å². The van der Waals surface area contributed by atoms with Crippen LogP contribution in [0.4, 0.5) is 13.2 Å². The van der Waals surface area contributed by atoms with Crippen molar-refractivity contribution in [2.24, 2.45) is 5.92 Å². The Morgan fingerprint density at radius 3 is 2.78 bits per heavy atom. The number of benzene rings is 1. The molecule has 0 unspecified atom stereocenters. The van der Waals surface area contributed by atoms with Crippen LogP contribution in [0.25, 0.3) is 11.3 Å². The van der Waals surface area contributed by atoms with Crippen LogP contribution in [0, 0.1) is 17.8 Å². The Labute approximate surface area is 183 Å². The highest BCUT2D eigenvalue weighted by atomic mass is 19.4. The molecule has 0 bridgehead atoms. The lowest BCUT2D eigenvalue weighted by Gasteiger charge is -2.22. The molecule has 2 aromatic rings. The van der Waals surface area contributed by atoms with Crippen LogP contribution >= 0.6 is 0 Å². The first-order valence-electron chi connectivity index (χ1n) is 10.5. The molecule has 0 radical (unpaired) electrons. The van der Waals surface area contributed by atoms with Gasteiger partial charge < -0.3 is 14.2 Å². The Kier molecular flexibility index (Phi) is 6.53. The summed E-state index contributed by atoms with van der Waals surface area (Å²) in [4.78, 5) is 12.0. The van der Waals surface area contributed by atoms with Crippen molar-refractivity contribution in [3.8, 4) is 23.1 Å². The molecule has 1 aliphatic heterocycles. The molecule has 2 heterocycles. The number of alkyl halides is 3. The van der Waals surface area contributed by atoms with Gasteiger partial charge in [-0.2, -0.15) is 18.3 Å². The number of halogens is 3. The second-order valence-electron chi connectivity index (χ2n) is 7.70. The van der Waals surface area contributed by atoms with E-state index in [1.807, 2.05) is 0 Å². The molecule has 0 spiro atoms. The third-order valence-corrected chi connectivity index (χ3v) is 5.12. The van der Waals surface area contributed by atoms with Crippen LogP contribution in [0.1, 0.15) is 41.3 Å². The van der Waals surface area contributed by atoms with Crippen LogP contribution in [-0.4, -0.2) is 48.3 Å².